The summed E-state index contributed by atoms with van der Waals surface area (Å²) in [6.07, 6.45) is 1.47. The molecule has 68 valence electrons. The van der Waals surface area contributed by atoms with Crippen LogP contribution < -0.4 is 0 Å². The predicted octanol–water partition coefficient (Wildman–Crippen LogP) is 0.468. The van der Waals surface area contributed by atoms with E-state index in [-0.39, 0.29) is 11.3 Å². The summed E-state index contributed by atoms with van der Waals surface area (Å²) in [5, 5.41) is 12.4. The van der Waals surface area contributed by atoms with Crippen LogP contribution in [-0.4, -0.2) is 22.4 Å². The maximum absolute atomic E-state index is 11.2. The van der Waals surface area contributed by atoms with E-state index in [0.29, 0.717) is 6.61 Å². The number of nitrogens with zero attached hydrogens (tertiary/aromatic N) is 3. The van der Waals surface area contributed by atoms with E-state index in [9.17, 15) is 4.79 Å². The minimum Gasteiger partial charge on any atom is -0.462 e. The molecule has 0 N–H and O–H groups in total. The minimum absolute atomic E-state index is 0.0981. The van der Waals surface area contributed by atoms with Crippen molar-refractivity contribution in [3.63, 3.8) is 0 Å². The van der Waals surface area contributed by atoms with Crippen molar-refractivity contribution in [1.29, 1.82) is 5.26 Å². The maximum atomic E-state index is 11.2. The highest BCUT2D eigenvalue weighted by Gasteiger charge is 2.15. The number of ether oxygens (including phenoxy) is 1. The van der Waals surface area contributed by atoms with Crippen LogP contribution in [0.1, 0.15) is 23.0 Å². The van der Waals surface area contributed by atoms with Gasteiger partial charge in [0.15, 0.2) is 5.69 Å². The third-order valence-electron chi connectivity index (χ3n) is 1.43. The second kappa shape index (κ2) is 3.72. The first-order valence-corrected chi connectivity index (χ1v) is 3.80. The highest BCUT2D eigenvalue weighted by Crippen LogP contribution is 2.06. The second-order valence-electron chi connectivity index (χ2n) is 2.40. The van der Waals surface area contributed by atoms with Crippen molar-refractivity contribution in [3.05, 3.63) is 17.5 Å². The normalized spacial score (nSPS) is 9.31. The summed E-state index contributed by atoms with van der Waals surface area (Å²) in [6, 6.07) is 1.82. The van der Waals surface area contributed by atoms with E-state index in [0.717, 1.165) is 0 Å². The Labute approximate surface area is 75.5 Å². The molecule has 0 aliphatic carbocycles. The standard InChI is InChI=1S/C8H9N3O2/c1-3-13-8(12)6-5-11(2)10-7(6)4-9/h5H,3H2,1-2H3. The zero-order valence-corrected chi connectivity index (χ0v) is 7.44. The zero-order chi connectivity index (χ0) is 9.84. The smallest absolute Gasteiger partial charge is 0.342 e. The Hall–Kier alpha value is -1.83. The molecule has 0 aliphatic heterocycles. The van der Waals surface area contributed by atoms with E-state index in [1.54, 1.807) is 14.0 Å². The van der Waals surface area contributed by atoms with Crippen molar-refractivity contribution in [3.8, 4) is 6.07 Å². The molecule has 0 fully saturated rings. The first-order chi connectivity index (χ1) is 6.19. The molecule has 0 atom stereocenters. The van der Waals surface area contributed by atoms with Gasteiger partial charge in [0.1, 0.15) is 11.6 Å². The van der Waals surface area contributed by atoms with Gasteiger partial charge < -0.3 is 4.74 Å². The zero-order valence-electron chi connectivity index (χ0n) is 7.44. The van der Waals surface area contributed by atoms with Crippen LogP contribution in [0.3, 0.4) is 0 Å². The van der Waals surface area contributed by atoms with Gasteiger partial charge in [-0.15, -0.1) is 0 Å². The molecule has 1 heterocycles. The van der Waals surface area contributed by atoms with Gasteiger partial charge in [0.25, 0.3) is 0 Å². The number of carbonyl (C=O) groups is 1. The van der Waals surface area contributed by atoms with Crippen LogP contribution in [0, 0.1) is 11.3 Å². The van der Waals surface area contributed by atoms with Crippen molar-refractivity contribution in [2.45, 2.75) is 6.92 Å². The van der Waals surface area contributed by atoms with E-state index in [1.807, 2.05) is 6.07 Å². The molecular formula is C8H9N3O2. The number of carbonyl (C=O) groups excluding carboxylic acids is 1. The molecular weight excluding hydrogens is 170 g/mol. The van der Waals surface area contributed by atoms with E-state index in [4.69, 9.17) is 10.00 Å². The van der Waals surface area contributed by atoms with Gasteiger partial charge in [-0.25, -0.2) is 4.79 Å². The number of nitriles is 1. The topological polar surface area (TPSA) is 67.9 Å². The third kappa shape index (κ3) is 1.85. The Morgan fingerprint density at radius 3 is 3.08 bits per heavy atom. The van der Waals surface area contributed by atoms with Gasteiger partial charge in [-0.1, -0.05) is 0 Å². The molecule has 0 saturated heterocycles. The van der Waals surface area contributed by atoms with Gasteiger partial charge >= 0.3 is 5.97 Å². The molecule has 1 aromatic rings. The monoisotopic (exact) mass is 179 g/mol. The molecule has 0 aliphatic rings. The van der Waals surface area contributed by atoms with Crippen LogP contribution in [-0.2, 0) is 11.8 Å². The predicted molar refractivity (Wildman–Crippen MR) is 43.9 cm³/mol. The summed E-state index contributed by atoms with van der Waals surface area (Å²) in [5.41, 5.74) is 0.313. The van der Waals surface area contributed by atoms with Crippen molar-refractivity contribution in [2.24, 2.45) is 7.05 Å². The Kier molecular flexibility index (Phi) is 2.65. The molecule has 0 unspecified atom stereocenters. The largest absolute Gasteiger partial charge is 0.462 e. The number of hydrogen-bond donors (Lipinski definition) is 0. The van der Waals surface area contributed by atoms with Crippen LogP contribution >= 0.6 is 0 Å². The maximum Gasteiger partial charge on any atom is 0.342 e. The molecule has 0 bridgehead atoms. The first-order valence-electron chi connectivity index (χ1n) is 3.80. The van der Waals surface area contributed by atoms with Gasteiger partial charge in [-0.2, -0.15) is 10.4 Å². The molecule has 0 amide bonds. The summed E-state index contributed by atoms with van der Waals surface area (Å²) in [4.78, 5) is 11.2. The molecule has 13 heavy (non-hydrogen) atoms. The second-order valence-corrected chi connectivity index (χ2v) is 2.40. The fourth-order valence-corrected chi connectivity index (χ4v) is 0.929. The summed E-state index contributed by atoms with van der Waals surface area (Å²) in [5.74, 6) is -0.507. The van der Waals surface area contributed by atoms with E-state index >= 15 is 0 Å². The molecule has 0 aromatic carbocycles. The van der Waals surface area contributed by atoms with Crippen LogP contribution in [0.2, 0.25) is 0 Å². The summed E-state index contributed by atoms with van der Waals surface area (Å²) < 4.78 is 6.15. The summed E-state index contributed by atoms with van der Waals surface area (Å²) >= 11 is 0. The van der Waals surface area contributed by atoms with Crippen LogP contribution in [0.5, 0.6) is 0 Å². The molecule has 1 aromatic heterocycles. The SMILES string of the molecule is CCOC(=O)c1cn(C)nc1C#N. The van der Waals surface area contributed by atoms with Crippen molar-refractivity contribution >= 4 is 5.97 Å². The fraction of sp³-hybridized carbons (Fsp3) is 0.375. The molecule has 5 nitrogen and oxygen atoms in total. The van der Waals surface area contributed by atoms with E-state index in [1.165, 1.54) is 10.9 Å². The molecule has 0 radical (unpaired) electrons. The van der Waals surface area contributed by atoms with Crippen molar-refractivity contribution < 1.29 is 9.53 Å². The fourth-order valence-electron chi connectivity index (χ4n) is 0.929. The van der Waals surface area contributed by atoms with Gasteiger partial charge in [-0.05, 0) is 6.92 Å². The van der Waals surface area contributed by atoms with Gasteiger partial charge in [-0.3, -0.25) is 4.68 Å². The van der Waals surface area contributed by atoms with Crippen molar-refractivity contribution in [1.82, 2.24) is 9.78 Å². The number of esters is 1. The van der Waals surface area contributed by atoms with Gasteiger partial charge in [0.05, 0.1) is 6.61 Å². The Morgan fingerprint density at radius 1 is 1.85 bits per heavy atom. The highest BCUT2D eigenvalue weighted by atomic mass is 16.5. The number of hydrogen-bond acceptors (Lipinski definition) is 4. The molecule has 1 rings (SSSR count). The van der Waals surface area contributed by atoms with Gasteiger partial charge in [0, 0.05) is 13.2 Å². The van der Waals surface area contributed by atoms with Gasteiger partial charge in [0.2, 0.25) is 0 Å². The molecule has 0 spiro atoms. The van der Waals surface area contributed by atoms with E-state index in [2.05, 4.69) is 5.10 Å². The lowest BCUT2D eigenvalue weighted by molar-refractivity contribution is 0.0526. The van der Waals surface area contributed by atoms with Crippen LogP contribution in [0.15, 0.2) is 6.20 Å². The third-order valence-corrected chi connectivity index (χ3v) is 1.43. The minimum atomic E-state index is -0.507. The van der Waals surface area contributed by atoms with Crippen LogP contribution in [0.4, 0.5) is 0 Å². The average Bonchev–Trinajstić information content (AvgIpc) is 2.47. The molecule has 5 heteroatoms. The Morgan fingerprint density at radius 2 is 2.54 bits per heavy atom. The summed E-state index contributed by atoms with van der Waals surface area (Å²) in [7, 11) is 1.64. The summed E-state index contributed by atoms with van der Waals surface area (Å²) in [6.45, 7) is 2.00. The lowest BCUT2D eigenvalue weighted by Crippen LogP contribution is -2.05. The molecule has 0 saturated carbocycles. The highest BCUT2D eigenvalue weighted by molar-refractivity contribution is 5.91. The quantitative estimate of drug-likeness (QED) is 0.619. The van der Waals surface area contributed by atoms with Crippen LogP contribution in [0.25, 0.3) is 0 Å². The van der Waals surface area contributed by atoms with E-state index < -0.39 is 5.97 Å². The average molecular weight is 179 g/mol. The number of aryl methyl sites for hydroxylation is 1. The lowest BCUT2D eigenvalue weighted by atomic mass is 10.3. The Bertz CT molecular complexity index is 362. The Balaban J connectivity index is 3.00. The van der Waals surface area contributed by atoms with Crippen molar-refractivity contribution in [2.75, 3.05) is 6.61 Å². The first kappa shape index (κ1) is 9.26. The lowest BCUT2D eigenvalue weighted by Gasteiger charge is -1.96. The number of aromatic nitrogens is 2. The number of rotatable bonds is 2.